The van der Waals surface area contributed by atoms with Crippen molar-refractivity contribution in [2.45, 2.75) is 44.4 Å². The molecule has 2 heterocycles. The van der Waals surface area contributed by atoms with Gasteiger partial charge in [-0.1, -0.05) is 12.1 Å². The van der Waals surface area contributed by atoms with E-state index in [0.717, 1.165) is 50.1 Å². The third kappa shape index (κ3) is 6.60. The van der Waals surface area contributed by atoms with Crippen LogP contribution >= 0.6 is 24.8 Å². The van der Waals surface area contributed by atoms with Crippen molar-refractivity contribution in [1.82, 2.24) is 4.90 Å². The number of nitrogens with one attached hydrogen (secondary N) is 1. The van der Waals surface area contributed by atoms with E-state index in [0.29, 0.717) is 13.0 Å². The molecule has 2 amide bonds. The van der Waals surface area contributed by atoms with E-state index in [1.807, 2.05) is 24.3 Å². The van der Waals surface area contributed by atoms with Gasteiger partial charge in [-0.05, 0) is 49.9 Å². The van der Waals surface area contributed by atoms with Crippen molar-refractivity contribution in [3.05, 3.63) is 29.8 Å². The Morgan fingerprint density at radius 2 is 1.86 bits per heavy atom. The second kappa shape index (κ2) is 11.6. The van der Waals surface area contributed by atoms with Crippen LogP contribution in [0, 0.1) is 5.92 Å². The van der Waals surface area contributed by atoms with Crippen molar-refractivity contribution in [1.29, 1.82) is 0 Å². The minimum Gasteiger partial charge on any atom is -0.369 e. The molecule has 9 heteroatoms. The number of hydrogen-bond donors (Lipinski definition) is 3. The van der Waals surface area contributed by atoms with E-state index in [1.165, 1.54) is 0 Å². The zero-order valence-electron chi connectivity index (χ0n) is 15.8. The fourth-order valence-electron chi connectivity index (χ4n) is 3.68. The van der Waals surface area contributed by atoms with Gasteiger partial charge >= 0.3 is 0 Å². The average Bonchev–Trinajstić information content (AvgIpc) is 3.13. The van der Waals surface area contributed by atoms with Crippen LogP contribution in [0.3, 0.4) is 0 Å². The van der Waals surface area contributed by atoms with Gasteiger partial charge in [0, 0.05) is 25.3 Å². The van der Waals surface area contributed by atoms with Gasteiger partial charge in [-0.2, -0.15) is 0 Å². The third-order valence-electron chi connectivity index (χ3n) is 5.20. The van der Waals surface area contributed by atoms with Crippen molar-refractivity contribution in [3.63, 3.8) is 0 Å². The minimum atomic E-state index is -0.415. The summed E-state index contributed by atoms with van der Waals surface area (Å²) in [5.41, 5.74) is 12.9. The quantitative estimate of drug-likeness (QED) is 0.632. The second-order valence-corrected chi connectivity index (χ2v) is 7.22. The van der Waals surface area contributed by atoms with Gasteiger partial charge in [0.25, 0.3) is 5.91 Å². The SMILES string of the molecule is Cl.Cl.NC[C@H]1CC[C@@H](C(=O)Nc2ccc(CN3CCCC(C(N)=O)C3)cc2)O1. The number of halogens is 2. The molecule has 158 valence electrons. The number of carbonyl (C=O) groups excluding carboxylic acids is 2. The van der Waals surface area contributed by atoms with Gasteiger partial charge in [-0.3, -0.25) is 14.5 Å². The van der Waals surface area contributed by atoms with Gasteiger partial charge in [0.15, 0.2) is 0 Å². The normalized spacial score (nSPS) is 24.7. The summed E-state index contributed by atoms with van der Waals surface area (Å²) in [7, 11) is 0. The molecule has 0 saturated carbocycles. The molecule has 0 aromatic heterocycles. The molecule has 1 aromatic rings. The lowest BCUT2D eigenvalue weighted by Crippen LogP contribution is -2.40. The Kier molecular flexibility index (Phi) is 10.2. The minimum absolute atomic E-state index is 0. The van der Waals surface area contributed by atoms with E-state index in [4.69, 9.17) is 16.2 Å². The molecule has 1 unspecified atom stereocenters. The number of rotatable bonds is 6. The lowest BCUT2D eigenvalue weighted by molar-refractivity contribution is -0.126. The van der Waals surface area contributed by atoms with Gasteiger partial charge in [-0.15, -0.1) is 24.8 Å². The number of nitrogens with zero attached hydrogens (tertiary/aromatic N) is 1. The number of amides is 2. The van der Waals surface area contributed by atoms with E-state index in [2.05, 4.69) is 10.2 Å². The highest BCUT2D eigenvalue weighted by molar-refractivity contribution is 5.94. The fraction of sp³-hybridized carbons (Fsp3) is 0.579. The summed E-state index contributed by atoms with van der Waals surface area (Å²) in [6.07, 6.45) is 2.99. The Labute approximate surface area is 178 Å². The molecular weight excluding hydrogens is 403 g/mol. The average molecular weight is 433 g/mol. The second-order valence-electron chi connectivity index (χ2n) is 7.22. The van der Waals surface area contributed by atoms with E-state index in [-0.39, 0.29) is 48.7 Å². The number of ether oxygens (including phenoxy) is 1. The first kappa shape index (κ1) is 24.7. The standard InChI is InChI=1S/C19H28N4O3.2ClH/c20-10-16-7-8-17(26-16)19(25)22-15-5-3-13(4-6-15)11-23-9-1-2-14(12-23)18(21)24;;/h3-6,14,16-17H,1-2,7-12,20H2,(H2,21,24)(H,22,25);2*1H/t14?,16-,17+;;/m1../s1. The zero-order chi connectivity index (χ0) is 18.5. The first-order valence-corrected chi connectivity index (χ1v) is 9.32. The molecule has 0 bridgehead atoms. The van der Waals surface area contributed by atoms with Crippen LogP contribution < -0.4 is 16.8 Å². The summed E-state index contributed by atoms with van der Waals surface area (Å²) in [6, 6.07) is 7.81. The molecule has 28 heavy (non-hydrogen) atoms. The summed E-state index contributed by atoms with van der Waals surface area (Å²) < 4.78 is 5.62. The number of benzene rings is 1. The number of likely N-dealkylation sites (tertiary alicyclic amines) is 1. The molecule has 2 saturated heterocycles. The predicted octanol–water partition coefficient (Wildman–Crippen LogP) is 1.67. The molecule has 0 spiro atoms. The predicted molar refractivity (Wildman–Crippen MR) is 114 cm³/mol. The monoisotopic (exact) mass is 432 g/mol. The molecule has 2 aliphatic rings. The molecule has 0 aliphatic carbocycles. The van der Waals surface area contributed by atoms with Crippen LogP contribution in [0.2, 0.25) is 0 Å². The molecule has 0 radical (unpaired) electrons. The van der Waals surface area contributed by atoms with Crippen molar-refractivity contribution >= 4 is 42.3 Å². The molecule has 3 rings (SSSR count). The Hall–Kier alpha value is -1.38. The first-order valence-electron chi connectivity index (χ1n) is 9.32. The molecule has 3 atom stereocenters. The maximum atomic E-state index is 12.2. The van der Waals surface area contributed by atoms with Gasteiger partial charge in [-0.25, -0.2) is 0 Å². The van der Waals surface area contributed by atoms with Crippen LogP contribution in [-0.4, -0.2) is 48.6 Å². The van der Waals surface area contributed by atoms with Crippen molar-refractivity contribution in [2.75, 3.05) is 25.0 Å². The van der Waals surface area contributed by atoms with E-state index in [1.54, 1.807) is 0 Å². The molecule has 1 aromatic carbocycles. The molecule has 2 fully saturated rings. The van der Waals surface area contributed by atoms with Crippen molar-refractivity contribution in [2.24, 2.45) is 17.4 Å². The maximum absolute atomic E-state index is 12.2. The Morgan fingerprint density at radius 3 is 2.46 bits per heavy atom. The fourth-order valence-corrected chi connectivity index (χ4v) is 3.68. The van der Waals surface area contributed by atoms with Crippen LogP contribution in [0.25, 0.3) is 0 Å². The number of carbonyl (C=O) groups is 2. The van der Waals surface area contributed by atoms with Gasteiger partial charge in [0.1, 0.15) is 6.10 Å². The molecule has 2 aliphatic heterocycles. The first-order chi connectivity index (χ1) is 12.5. The third-order valence-corrected chi connectivity index (χ3v) is 5.20. The lowest BCUT2D eigenvalue weighted by atomic mass is 9.97. The van der Waals surface area contributed by atoms with Gasteiger partial charge in [0.2, 0.25) is 5.91 Å². The van der Waals surface area contributed by atoms with Crippen molar-refractivity contribution in [3.8, 4) is 0 Å². The summed E-state index contributed by atoms with van der Waals surface area (Å²) in [5, 5.41) is 2.90. The largest absolute Gasteiger partial charge is 0.369 e. The van der Waals surface area contributed by atoms with Gasteiger partial charge in [0.05, 0.1) is 12.0 Å². The molecule has 5 N–H and O–H groups in total. The summed E-state index contributed by atoms with van der Waals surface area (Å²) in [5.74, 6) is -0.376. The Morgan fingerprint density at radius 1 is 1.14 bits per heavy atom. The lowest BCUT2D eigenvalue weighted by Gasteiger charge is -2.31. The number of piperidine rings is 1. The number of primary amides is 1. The van der Waals surface area contributed by atoms with E-state index >= 15 is 0 Å². The molecule has 7 nitrogen and oxygen atoms in total. The van der Waals surface area contributed by atoms with Crippen LogP contribution in [0.1, 0.15) is 31.2 Å². The highest BCUT2D eigenvalue weighted by atomic mass is 35.5. The number of nitrogens with two attached hydrogens (primary N) is 2. The number of hydrogen-bond acceptors (Lipinski definition) is 5. The summed E-state index contributed by atoms with van der Waals surface area (Å²) in [6.45, 7) is 2.92. The highest BCUT2D eigenvalue weighted by Gasteiger charge is 2.29. The topological polar surface area (TPSA) is 111 Å². The smallest absolute Gasteiger partial charge is 0.253 e. The Bertz CT molecular complexity index is 645. The van der Waals surface area contributed by atoms with Gasteiger partial charge < -0.3 is 21.5 Å². The molecular formula is C19H30Cl2N4O3. The zero-order valence-corrected chi connectivity index (χ0v) is 17.5. The summed E-state index contributed by atoms with van der Waals surface area (Å²) >= 11 is 0. The van der Waals surface area contributed by atoms with E-state index in [9.17, 15) is 9.59 Å². The Balaban J connectivity index is 0.00000196. The number of anilines is 1. The highest BCUT2D eigenvalue weighted by Crippen LogP contribution is 2.22. The van der Waals surface area contributed by atoms with Crippen LogP contribution in [0.5, 0.6) is 0 Å². The van der Waals surface area contributed by atoms with Crippen LogP contribution in [-0.2, 0) is 20.9 Å². The van der Waals surface area contributed by atoms with Crippen LogP contribution in [0.15, 0.2) is 24.3 Å². The van der Waals surface area contributed by atoms with E-state index < -0.39 is 6.10 Å². The van der Waals surface area contributed by atoms with Crippen LogP contribution in [0.4, 0.5) is 5.69 Å². The van der Waals surface area contributed by atoms with Crippen molar-refractivity contribution < 1.29 is 14.3 Å². The summed E-state index contributed by atoms with van der Waals surface area (Å²) in [4.78, 5) is 25.9. The maximum Gasteiger partial charge on any atom is 0.253 e.